The average molecular weight is 494 g/mol. The number of rotatable bonds is 4. The zero-order valence-electron chi connectivity index (χ0n) is 20.1. The Morgan fingerprint density at radius 2 is 2.15 bits per heavy atom. The van der Waals surface area contributed by atoms with E-state index in [9.17, 15) is 14.3 Å². The van der Waals surface area contributed by atoms with Crippen LogP contribution in [0.15, 0.2) is 18.2 Å². The van der Waals surface area contributed by atoms with Gasteiger partial charge in [-0.1, -0.05) is 11.6 Å². The molecule has 10 heteroatoms. The average Bonchev–Trinajstić information content (AvgIpc) is 3.43. The molecule has 0 radical (unpaired) electrons. The molecule has 34 heavy (non-hydrogen) atoms. The van der Waals surface area contributed by atoms with Gasteiger partial charge < -0.3 is 25.8 Å². The van der Waals surface area contributed by atoms with E-state index in [0.717, 1.165) is 31.4 Å². The van der Waals surface area contributed by atoms with E-state index in [4.69, 9.17) is 22.1 Å². The molecule has 2 fully saturated rings. The van der Waals surface area contributed by atoms with E-state index in [-0.39, 0.29) is 22.4 Å². The molecule has 8 nitrogen and oxygen atoms in total. The van der Waals surface area contributed by atoms with Gasteiger partial charge in [0.05, 0.1) is 16.3 Å². The van der Waals surface area contributed by atoms with Gasteiger partial charge in [-0.3, -0.25) is 4.68 Å². The highest BCUT2D eigenvalue weighted by Gasteiger charge is 2.47. The molecule has 186 valence electrons. The number of amides is 1. The number of likely N-dealkylation sites (tertiary alicyclic amines) is 1. The Morgan fingerprint density at radius 3 is 2.82 bits per heavy atom. The van der Waals surface area contributed by atoms with Crippen molar-refractivity contribution in [2.75, 3.05) is 24.1 Å². The Labute approximate surface area is 204 Å². The predicted octanol–water partition coefficient (Wildman–Crippen LogP) is 4.79. The summed E-state index contributed by atoms with van der Waals surface area (Å²) >= 11 is 5.88. The normalized spacial score (nSPS) is 23.5. The number of nitrogens with two attached hydrogens (primary N) is 1. The number of nitrogen functional groups attached to an aromatic ring is 1. The fourth-order valence-electron chi connectivity index (χ4n) is 5.20. The van der Waals surface area contributed by atoms with Crippen molar-refractivity contribution in [3.63, 3.8) is 0 Å². The van der Waals surface area contributed by atoms with Crippen LogP contribution in [0, 0.1) is 11.2 Å². The molecule has 3 unspecified atom stereocenters. The summed E-state index contributed by atoms with van der Waals surface area (Å²) in [5.41, 5.74) is 7.52. The summed E-state index contributed by atoms with van der Waals surface area (Å²) in [4.78, 5) is 14.4. The van der Waals surface area contributed by atoms with Crippen molar-refractivity contribution >= 4 is 29.2 Å². The maximum absolute atomic E-state index is 13.5. The molecule has 4 N–H and O–H groups in total. The van der Waals surface area contributed by atoms with Gasteiger partial charge in [0.15, 0.2) is 6.23 Å². The highest BCUT2D eigenvalue weighted by Crippen LogP contribution is 2.52. The lowest BCUT2D eigenvalue weighted by atomic mass is 9.84. The molecule has 1 aliphatic heterocycles. The summed E-state index contributed by atoms with van der Waals surface area (Å²) in [6.07, 6.45) is 2.21. The lowest BCUT2D eigenvalue weighted by Crippen LogP contribution is -2.36. The van der Waals surface area contributed by atoms with Crippen LogP contribution in [0.3, 0.4) is 0 Å². The van der Waals surface area contributed by atoms with Gasteiger partial charge in [-0.15, -0.1) is 0 Å². The van der Waals surface area contributed by atoms with Crippen LogP contribution in [0.25, 0.3) is 0 Å². The number of hydrogen-bond donors (Lipinski definition) is 3. The number of aryl methyl sites for hydroxylation is 1. The van der Waals surface area contributed by atoms with E-state index in [0.29, 0.717) is 30.2 Å². The number of hydrogen-bond acceptors (Lipinski definition) is 6. The summed E-state index contributed by atoms with van der Waals surface area (Å²) in [5, 5.41) is 18.6. The van der Waals surface area contributed by atoms with Gasteiger partial charge >= 0.3 is 6.09 Å². The largest absolute Gasteiger partial charge is 0.444 e. The zero-order valence-corrected chi connectivity index (χ0v) is 20.8. The van der Waals surface area contributed by atoms with Crippen molar-refractivity contribution in [2.45, 2.75) is 64.2 Å². The topological polar surface area (TPSA) is 106 Å². The zero-order chi connectivity index (χ0) is 24.8. The number of ether oxygens (including phenoxy) is 1. The molecule has 1 spiro atoms. The molecule has 1 aromatic carbocycles. The van der Waals surface area contributed by atoms with Crippen molar-refractivity contribution in [1.29, 1.82) is 0 Å². The molecule has 1 amide bonds. The molecule has 2 heterocycles. The predicted molar refractivity (Wildman–Crippen MR) is 129 cm³/mol. The molecular weight excluding hydrogens is 461 g/mol. The van der Waals surface area contributed by atoms with Crippen molar-refractivity contribution < 1.29 is 19.0 Å². The van der Waals surface area contributed by atoms with Crippen LogP contribution in [-0.4, -0.2) is 44.6 Å². The number of benzene rings is 1. The smallest absolute Gasteiger partial charge is 0.410 e. The van der Waals surface area contributed by atoms with Crippen LogP contribution < -0.4 is 11.1 Å². The number of carbonyl (C=O) groups is 1. The SMILES string of the molecule is Cn1nc(C2CCC3(CCN(C(=O)OC(C)(C)C)C3)C2)c(C(O)Nc2ccc(F)c(Cl)c2)c1N. The summed E-state index contributed by atoms with van der Waals surface area (Å²) in [6, 6.07) is 4.16. The van der Waals surface area contributed by atoms with Crippen molar-refractivity contribution in [3.05, 3.63) is 40.3 Å². The molecule has 2 aliphatic rings. The first-order valence-corrected chi connectivity index (χ1v) is 12.0. The van der Waals surface area contributed by atoms with E-state index in [1.165, 1.54) is 18.2 Å². The van der Waals surface area contributed by atoms with Gasteiger partial charge in [-0.05, 0) is 70.1 Å². The molecule has 1 aromatic heterocycles. The van der Waals surface area contributed by atoms with Crippen LogP contribution in [0.4, 0.5) is 20.7 Å². The Bertz CT molecular complexity index is 1090. The van der Waals surface area contributed by atoms with Gasteiger partial charge in [-0.25, -0.2) is 9.18 Å². The maximum Gasteiger partial charge on any atom is 0.410 e. The van der Waals surface area contributed by atoms with Gasteiger partial charge in [0.25, 0.3) is 0 Å². The molecular formula is C24H33ClFN5O3. The third kappa shape index (κ3) is 4.95. The Kier molecular flexibility index (Phi) is 6.46. The van der Waals surface area contributed by atoms with E-state index in [1.807, 2.05) is 20.8 Å². The first-order chi connectivity index (χ1) is 15.9. The van der Waals surface area contributed by atoms with Crippen molar-refractivity contribution in [3.8, 4) is 0 Å². The Morgan fingerprint density at radius 1 is 1.41 bits per heavy atom. The molecule has 2 aromatic rings. The maximum atomic E-state index is 13.5. The number of aliphatic hydroxyl groups is 1. The molecule has 1 saturated carbocycles. The van der Waals surface area contributed by atoms with Gasteiger partial charge in [0.1, 0.15) is 17.2 Å². The highest BCUT2D eigenvalue weighted by atomic mass is 35.5. The van der Waals surface area contributed by atoms with Crippen LogP contribution in [-0.2, 0) is 11.8 Å². The molecule has 1 saturated heterocycles. The fourth-order valence-corrected chi connectivity index (χ4v) is 5.38. The van der Waals surface area contributed by atoms with E-state index < -0.39 is 17.6 Å². The first kappa shape index (κ1) is 24.6. The van der Waals surface area contributed by atoms with Crippen LogP contribution >= 0.6 is 11.6 Å². The summed E-state index contributed by atoms with van der Waals surface area (Å²) in [6.45, 7) is 6.94. The van der Waals surface area contributed by atoms with Crippen LogP contribution in [0.1, 0.15) is 69.9 Å². The lowest BCUT2D eigenvalue weighted by Gasteiger charge is -2.27. The number of nitrogens with zero attached hydrogens (tertiary/aromatic N) is 3. The minimum Gasteiger partial charge on any atom is -0.444 e. The minimum atomic E-state index is -1.14. The van der Waals surface area contributed by atoms with Crippen LogP contribution in [0.2, 0.25) is 5.02 Å². The number of aromatic nitrogens is 2. The number of anilines is 2. The van der Waals surface area contributed by atoms with E-state index in [1.54, 1.807) is 16.6 Å². The molecule has 4 rings (SSSR count). The van der Waals surface area contributed by atoms with Gasteiger partial charge in [-0.2, -0.15) is 5.10 Å². The second-order valence-corrected chi connectivity index (χ2v) is 11.0. The number of aliphatic hydroxyl groups excluding tert-OH is 1. The Balaban J connectivity index is 1.50. The summed E-state index contributed by atoms with van der Waals surface area (Å²) in [5.74, 6) is -0.0622. The quantitative estimate of drug-likeness (QED) is 0.529. The molecule has 3 atom stereocenters. The van der Waals surface area contributed by atoms with E-state index in [2.05, 4.69) is 10.4 Å². The fraction of sp³-hybridized carbons (Fsp3) is 0.583. The number of nitrogens with one attached hydrogen (secondary N) is 1. The minimum absolute atomic E-state index is 0.00792. The first-order valence-electron chi connectivity index (χ1n) is 11.6. The summed E-state index contributed by atoms with van der Waals surface area (Å²) < 4.78 is 20.6. The highest BCUT2D eigenvalue weighted by molar-refractivity contribution is 6.31. The molecule has 1 aliphatic carbocycles. The lowest BCUT2D eigenvalue weighted by molar-refractivity contribution is 0.0273. The monoisotopic (exact) mass is 493 g/mol. The van der Waals surface area contributed by atoms with Crippen LogP contribution in [0.5, 0.6) is 0 Å². The molecule has 0 bridgehead atoms. The second-order valence-electron chi connectivity index (χ2n) is 10.6. The van der Waals surface area contributed by atoms with Gasteiger partial charge in [0, 0.05) is 31.7 Å². The Hall–Kier alpha value is -2.52. The number of halogens is 2. The van der Waals surface area contributed by atoms with Crippen molar-refractivity contribution in [2.24, 2.45) is 12.5 Å². The second kappa shape index (κ2) is 8.92. The third-order valence-corrected chi connectivity index (χ3v) is 7.12. The summed E-state index contributed by atoms with van der Waals surface area (Å²) in [7, 11) is 1.74. The van der Waals surface area contributed by atoms with Crippen molar-refractivity contribution in [1.82, 2.24) is 14.7 Å². The standard InChI is InChI=1S/C24H33ClFN5O3/c1-23(2,3)34-22(33)31-10-9-24(13-31)8-7-14(12-24)19-18(20(27)30(4)29-19)21(32)28-15-5-6-17(26)16(25)11-15/h5-6,11,14,21,28,32H,7-10,12-13,27H2,1-4H3. The van der Waals surface area contributed by atoms with E-state index >= 15 is 0 Å². The van der Waals surface area contributed by atoms with Gasteiger partial charge in [0.2, 0.25) is 0 Å². The third-order valence-electron chi connectivity index (χ3n) is 6.83. The number of carbonyl (C=O) groups excluding carboxylic acids is 1.